The Bertz CT molecular complexity index is 504. The van der Waals surface area contributed by atoms with Gasteiger partial charge in [-0.05, 0) is 32.2 Å². The SMILES string of the molecule is CCCNC1CCCc2nc(-c3cncs3)sc21. The molecule has 2 aromatic heterocycles. The van der Waals surface area contributed by atoms with Crippen LogP contribution in [0.2, 0.25) is 0 Å². The number of hydrogen-bond donors (Lipinski definition) is 1. The van der Waals surface area contributed by atoms with Crippen LogP contribution in [0.4, 0.5) is 0 Å². The third kappa shape index (κ3) is 2.35. The van der Waals surface area contributed by atoms with Crippen LogP contribution in [0.3, 0.4) is 0 Å². The van der Waals surface area contributed by atoms with Gasteiger partial charge in [-0.1, -0.05) is 6.92 Å². The molecule has 1 aliphatic rings. The van der Waals surface area contributed by atoms with Crippen molar-refractivity contribution >= 4 is 22.7 Å². The molecule has 2 aromatic rings. The smallest absolute Gasteiger partial charge is 0.135 e. The van der Waals surface area contributed by atoms with E-state index in [0.717, 1.165) is 18.0 Å². The second-order valence-corrected chi connectivity index (χ2v) is 6.51. The van der Waals surface area contributed by atoms with E-state index in [9.17, 15) is 0 Å². The predicted octanol–water partition coefficient (Wildman–Crippen LogP) is 3.64. The minimum Gasteiger partial charge on any atom is -0.309 e. The van der Waals surface area contributed by atoms with Crippen LogP contribution in [0, 0.1) is 0 Å². The Morgan fingerprint density at radius 3 is 3.22 bits per heavy atom. The van der Waals surface area contributed by atoms with E-state index in [-0.39, 0.29) is 0 Å². The zero-order chi connectivity index (χ0) is 12.4. The van der Waals surface area contributed by atoms with Crippen molar-refractivity contribution in [1.82, 2.24) is 15.3 Å². The van der Waals surface area contributed by atoms with E-state index in [0.29, 0.717) is 6.04 Å². The van der Waals surface area contributed by atoms with Gasteiger partial charge in [0.1, 0.15) is 5.01 Å². The summed E-state index contributed by atoms with van der Waals surface area (Å²) >= 11 is 3.52. The van der Waals surface area contributed by atoms with Crippen molar-refractivity contribution in [2.24, 2.45) is 0 Å². The molecule has 2 heterocycles. The Kier molecular flexibility index (Phi) is 3.72. The summed E-state index contributed by atoms with van der Waals surface area (Å²) in [5, 5.41) is 4.79. The number of fused-ring (bicyclic) bond motifs is 1. The predicted molar refractivity (Wildman–Crippen MR) is 77.2 cm³/mol. The summed E-state index contributed by atoms with van der Waals surface area (Å²) < 4.78 is 0. The van der Waals surface area contributed by atoms with Gasteiger partial charge in [-0.15, -0.1) is 22.7 Å². The molecule has 5 heteroatoms. The van der Waals surface area contributed by atoms with Crippen molar-refractivity contribution in [1.29, 1.82) is 0 Å². The molecule has 0 fully saturated rings. The summed E-state index contributed by atoms with van der Waals surface area (Å²) in [6, 6.07) is 0.521. The first kappa shape index (κ1) is 12.3. The molecular weight excluding hydrogens is 262 g/mol. The van der Waals surface area contributed by atoms with Crippen LogP contribution < -0.4 is 5.32 Å². The van der Waals surface area contributed by atoms with E-state index in [1.165, 1.54) is 34.7 Å². The Labute approximate surface area is 115 Å². The highest BCUT2D eigenvalue weighted by molar-refractivity contribution is 7.20. The number of nitrogens with zero attached hydrogens (tertiary/aromatic N) is 2. The first-order valence-corrected chi connectivity index (χ1v) is 8.20. The Morgan fingerprint density at radius 2 is 2.44 bits per heavy atom. The van der Waals surface area contributed by atoms with E-state index in [4.69, 9.17) is 4.98 Å². The summed E-state index contributed by atoms with van der Waals surface area (Å²) in [6.07, 6.45) is 6.74. The standard InChI is InChI=1S/C13H17N3S2/c1-2-6-15-9-4-3-5-10-12(9)18-13(16-10)11-7-14-8-17-11/h7-9,15H,2-6H2,1H3. The fourth-order valence-corrected chi connectivity index (χ4v) is 4.26. The Morgan fingerprint density at radius 1 is 1.50 bits per heavy atom. The van der Waals surface area contributed by atoms with Gasteiger partial charge in [-0.2, -0.15) is 0 Å². The molecule has 1 atom stereocenters. The van der Waals surface area contributed by atoms with Crippen molar-refractivity contribution in [3.63, 3.8) is 0 Å². The van der Waals surface area contributed by atoms with Crippen molar-refractivity contribution in [2.75, 3.05) is 6.54 Å². The molecule has 0 bridgehead atoms. The van der Waals surface area contributed by atoms with E-state index in [2.05, 4.69) is 17.2 Å². The van der Waals surface area contributed by atoms with Crippen molar-refractivity contribution in [3.8, 4) is 9.88 Å². The van der Waals surface area contributed by atoms with Gasteiger partial charge in [0.25, 0.3) is 0 Å². The highest BCUT2D eigenvalue weighted by Crippen LogP contribution is 2.38. The first-order valence-electron chi connectivity index (χ1n) is 6.50. The van der Waals surface area contributed by atoms with Crippen LogP contribution in [-0.4, -0.2) is 16.5 Å². The average Bonchev–Trinajstić information content (AvgIpc) is 3.03. The molecule has 3 nitrogen and oxygen atoms in total. The molecule has 0 spiro atoms. The number of thiazole rings is 2. The van der Waals surface area contributed by atoms with Crippen LogP contribution >= 0.6 is 22.7 Å². The van der Waals surface area contributed by atoms with Gasteiger partial charge >= 0.3 is 0 Å². The van der Waals surface area contributed by atoms with Crippen LogP contribution in [0.1, 0.15) is 42.8 Å². The van der Waals surface area contributed by atoms with Crippen molar-refractivity contribution in [2.45, 2.75) is 38.6 Å². The quantitative estimate of drug-likeness (QED) is 0.928. The van der Waals surface area contributed by atoms with Crippen LogP contribution in [0.5, 0.6) is 0 Å². The number of aryl methyl sites for hydroxylation is 1. The summed E-state index contributed by atoms with van der Waals surface area (Å²) in [4.78, 5) is 11.6. The zero-order valence-corrected chi connectivity index (χ0v) is 12.1. The van der Waals surface area contributed by atoms with Gasteiger partial charge in [0.05, 0.1) is 16.1 Å². The van der Waals surface area contributed by atoms with E-state index in [1.54, 1.807) is 11.3 Å². The fraction of sp³-hybridized carbons (Fsp3) is 0.538. The Balaban J connectivity index is 1.88. The van der Waals surface area contributed by atoms with E-state index in [1.807, 2.05) is 23.0 Å². The molecule has 0 radical (unpaired) electrons. The fourth-order valence-electron chi connectivity index (χ4n) is 2.36. The third-order valence-corrected chi connectivity index (χ3v) is 5.39. The highest BCUT2D eigenvalue weighted by atomic mass is 32.1. The topological polar surface area (TPSA) is 37.8 Å². The minimum absolute atomic E-state index is 0.521. The maximum absolute atomic E-state index is 4.80. The molecule has 0 amide bonds. The normalized spacial score (nSPS) is 18.8. The van der Waals surface area contributed by atoms with Gasteiger partial charge < -0.3 is 5.32 Å². The summed E-state index contributed by atoms with van der Waals surface area (Å²) in [5.74, 6) is 0. The largest absolute Gasteiger partial charge is 0.309 e. The summed E-state index contributed by atoms with van der Waals surface area (Å²) in [7, 11) is 0. The van der Waals surface area contributed by atoms with Gasteiger partial charge in [0.15, 0.2) is 0 Å². The number of aromatic nitrogens is 2. The Hall–Kier alpha value is -0.780. The lowest BCUT2D eigenvalue weighted by Gasteiger charge is -2.22. The third-order valence-electron chi connectivity index (χ3n) is 3.23. The van der Waals surface area contributed by atoms with Crippen LogP contribution in [0.25, 0.3) is 9.88 Å². The summed E-state index contributed by atoms with van der Waals surface area (Å²) in [5.41, 5.74) is 3.19. The molecule has 0 saturated heterocycles. The molecule has 18 heavy (non-hydrogen) atoms. The molecule has 0 aromatic carbocycles. The zero-order valence-electron chi connectivity index (χ0n) is 10.5. The van der Waals surface area contributed by atoms with E-state index < -0.39 is 0 Å². The van der Waals surface area contributed by atoms with Crippen LogP contribution in [-0.2, 0) is 6.42 Å². The molecule has 1 unspecified atom stereocenters. The number of hydrogen-bond acceptors (Lipinski definition) is 5. The maximum atomic E-state index is 4.80. The lowest BCUT2D eigenvalue weighted by Crippen LogP contribution is -2.24. The van der Waals surface area contributed by atoms with Crippen molar-refractivity contribution < 1.29 is 0 Å². The van der Waals surface area contributed by atoms with Gasteiger partial charge in [-0.25, -0.2) is 4.98 Å². The van der Waals surface area contributed by atoms with Gasteiger partial charge in [0.2, 0.25) is 0 Å². The van der Waals surface area contributed by atoms with Gasteiger partial charge in [0, 0.05) is 17.1 Å². The summed E-state index contributed by atoms with van der Waals surface area (Å²) in [6.45, 7) is 3.31. The highest BCUT2D eigenvalue weighted by Gasteiger charge is 2.24. The molecule has 3 rings (SSSR count). The second kappa shape index (κ2) is 5.47. The lowest BCUT2D eigenvalue weighted by atomic mass is 9.98. The second-order valence-electron chi connectivity index (χ2n) is 4.59. The average molecular weight is 279 g/mol. The van der Waals surface area contributed by atoms with Gasteiger partial charge in [-0.3, -0.25) is 4.98 Å². The maximum Gasteiger partial charge on any atom is 0.135 e. The van der Waals surface area contributed by atoms with E-state index >= 15 is 0 Å². The minimum atomic E-state index is 0.521. The number of rotatable bonds is 4. The van der Waals surface area contributed by atoms with Crippen LogP contribution in [0.15, 0.2) is 11.7 Å². The molecule has 96 valence electrons. The monoisotopic (exact) mass is 279 g/mol. The molecule has 1 N–H and O–H groups in total. The number of nitrogens with one attached hydrogen (secondary N) is 1. The molecular formula is C13H17N3S2. The first-order chi connectivity index (χ1) is 8.88. The lowest BCUT2D eigenvalue weighted by molar-refractivity contribution is 0.465. The molecule has 0 aliphatic heterocycles. The molecule has 0 saturated carbocycles. The van der Waals surface area contributed by atoms with Crippen molar-refractivity contribution in [3.05, 3.63) is 22.3 Å². The molecule has 1 aliphatic carbocycles.